The number of benzene rings is 2. The molecule has 0 bridgehead atoms. The molecule has 1 aromatic heterocycles. The fourth-order valence-corrected chi connectivity index (χ4v) is 4.56. The number of rotatable bonds is 10. The Balaban J connectivity index is 0.000000387. The van der Waals surface area contributed by atoms with Gasteiger partial charge in [0.05, 0.1) is 12.4 Å². The van der Waals surface area contributed by atoms with Crippen molar-refractivity contribution in [3.8, 4) is 11.3 Å². The molecule has 1 atom stereocenters. The van der Waals surface area contributed by atoms with E-state index in [4.69, 9.17) is 0 Å². The molecule has 1 N–H and O–H groups in total. The van der Waals surface area contributed by atoms with Crippen LogP contribution in [0.2, 0.25) is 0 Å². The van der Waals surface area contributed by atoms with Crippen LogP contribution < -0.4 is 0 Å². The van der Waals surface area contributed by atoms with Gasteiger partial charge < -0.3 is 10.1 Å². The summed E-state index contributed by atoms with van der Waals surface area (Å²) < 4.78 is 12.2. The Kier molecular flexibility index (Phi) is 14.7. The summed E-state index contributed by atoms with van der Waals surface area (Å²) in [5.74, 6) is 0.295. The van der Waals surface area contributed by atoms with Gasteiger partial charge in [-0.2, -0.15) is 0 Å². The topological polar surface area (TPSA) is 50.2 Å². The monoisotopic (exact) mass is 697 g/mol. The molecule has 2 aromatic carbocycles. The fourth-order valence-electron chi connectivity index (χ4n) is 4.56. The number of halogens is 1. The molecule has 0 fully saturated rings. The molecule has 0 spiro atoms. The van der Waals surface area contributed by atoms with Crippen LogP contribution in [0.15, 0.2) is 54.4 Å². The van der Waals surface area contributed by atoms with E-state index in [1.807, 2.05) is 27.0 Å². The number of hydrogen-bond donors (Lipinski definition) is 1. The zero-order valence-corrected chi connectivity index (χ0v) is 26.3. The van der Waals surface area contributed by atoms with Crippen molar-refractivity contribution >= 4 is 16.6 Å². The molecule has 0 saturated heterocycles. The van der Waals surface area contributed by atoms with Gasteiger partial charge in [-0.25, -0.2) is 0 Å². The van der Waals surface area contributed by atoms with Crippen molar-refractivity contribution in [3.63, 3.8) is 0 Å². The van der Waals surface area contributed by atoms with E-state index in [2.05, 4.69) is 75.1 Å². The number of carbonyl (C=O) groups is 1. The fraction of sp³-hybridized carbons (Fsp3) is 0.455. The first-order valence-electron chi connectivity index (χ1n) is 13.5. The number of aliphatic hydroxyl groups is 1. The summed E-state index contributed by atoms with van der Waals surface area (Å²) in [6.07, 6.45) is 5.68. The van der Waals surface area contributed by atoms with Crippen LogP contribution in [0.1, 0.15) is 82.9 Å². The van der Waals surface area contributed by atoms with Crippen molar-refractivity contribution in [1.82, 2.24) is 4.98 Å². The van der Waals surface area contributed by atoms with Crippen molar-refractivity contribution in [2.45, 2.75) is 80.1 Å². The number of carbonyl (C=O) groups excluding carboxylic acids is 1. The third-order valence-corrected chi connectivity index (χ3v) is 6.91. The minimum absolute atomic E-state index is 0. The maximum atomic E-state index is 12.2. The Labute approximate surface area is 242 Å². The summed E-state index contributed by atoms with van der Waals surface area (Å²) in [6, 6.07) is 16.5. The Morgan fingerprint density at radius 2 is 1.68 bits per heavy atom. The number of alkyl halides is 1. The average molecular weight is 697 g/mol. The van der Waals surface area contributed by atoms with Gasteiger partial charge in [-0.15, -0.1) is 34.9 Å². The third kappa shape index (κ3) is 9.43. The second kappa shape index (κ2) is 16.6. The molecule has 3 nitrogen and oxygen atoms in total. The molecule has 0 aliphatic heterocycles. The van der Waals surface area contributed by atoms with Gasteiger partial charge in [0.2, 0.25) is 0 Å². The van der Waals surface area contributed by atoms with Crippen LogP contribution >= 0.6 is 0 Å². The van der Waals surface area contributed by atoms with Crippen molar-refractivity contribution in [3.05, 3.63) is 77.2 Å². The van der Waals surface area contributed by atoms with Gasteiger partial charge in [0.15, 0.2) is 5.78 Å². The number of pyridine rings is 1. The van der Waals surface area contributed by atoms with Gasteiger partial charge in [-0.3, -0.25) is 9.18 Å². The van der Waals surface area contributed by atoms with Crippen molar-refractivity contribution in [1.29, 1.82) is 0 Å². The van der Waals surface area contributed by atoms with Crippen molar-refractivity contribution in [2.24, 2.45) is 11.8 Å². The van der Waals surface area contributed by atoms with Crippen LogP contribution in [0.3, 0.4) is 0 Å². The minimum Gasteiger partial charge on any atom is -0.512 e. The Morgan fingerprint density at radius 3 is 2.24 bits per heavy atom. The zero-order valence-electron chi connectivity index (χ0n) is 23.9. The number of aryl methyl sites for hydroxylation is 2. The zero-order chi connectivity index (χ0) is 27.5. The number of ketones is 1. The average Bonchev–Trinajstić information content (AvgIpc) is 2.87. The molecule has 1 radical (unpaired) electrons. The first kappa shape index (κ1) is 33.7. The van der Waals surface area contributed by atoms with Gasteiger partial charge in [0.1, 0.15) is 0 Å². The number of fused-ring (bicyclic) bond motifs is 1. The third-order valence-electron chi connectivity index (χ3n) is 6.91. The van der Waals surface area contributed by atoms with Crippen LogP contribution in [0.5, 0.6) is 0 Å². The largest absolute Gasteiger partial charge is 0.512 e. The summed E-state index contributed by atoms with van der Waals surface area (Å²) in [7, 11) is 0. The number of hydrogen-bond acceptors (Lipinski definition) is 3. The van der Waals surface area contributed by atoms with Crippen LogP contribution in [-0.2, 0) is 24.9 Å². The smallest absolute Gasteiger partial charge is 0.162 e. The van der Waals surface area contributed by atoms with E-state index in [-0.39, 0.29) is 49.9 Å². The van der Waals surface area contributed by atoms with E-state index in [1.165, 1.54) is 28.0 Å². The molecule has 0 aliphatic rings. The summed E-state index contributed by atoms with van der Waals surface area (Å²) in [4.78, 5) is 16.3. The molecule has 3 rings (SSSR count). The van der Waals surface area contributed by atoms with Crippen LogP contribution in [0.4, 0.5) is 4.39 Å². The number of nitrogens with zero attached hydrogens (tertiary/aromatic N) is 1. The normalized spacial score (nSPS) is 12.2. The van der Waals surface area contributed by atoms with E-state index < -0.39 is 6.67 Å². The standard InChI is InChI=1S/C20H20N.C13H23FO2.Ir/c1-13(2)16-5-6-19-17(12-16)7-8-21-20(19)18-10-14(3)9-15(4)11-18;1-4-10(5-2)12(15)9-13(16)11(6-3)7-8-14;/h5-10,12-13H,1-4H3;9-11,15H,4-8H2,1-3H3;/q-1;;/b;12-9-;. The summed E-state index contributed by atoms with van der Waals surface area (Å²) in [5, 5.41) is 12.2. The molecule has 1 unspecified atom stereocenters. The van der Waals surface area contributed by atoms with Crippen LogP contribution in [-0.4, -0.2) is 22.5 Å². The summed E-state index contributed by atoms with van der Waals surface area (Å²) in [5.41, 5.74) is 5.87. The van der Waals surface area contributed by atoms with Gasteiger partial charge in [0, 0.05) is 44.2 Å². The first-order chi connectivity index (χ1) is 17.6. The predicted molar refractivity (Wildman–Crippen MR) is 154 cm³/mol. The molecule has 1 heterocycles. The summed E-state index contributed by atoms with van der Waals surface area (Å²) in [6.45, 7) is 14.0. The second-order valence-corrected chi connectivity index (χ2v) is 10.1. The molecule has 5 heteroatoms. The Hall–Kier alpha value is -2.36. The number of allylic oxidation sites excluding steroid dienone is 2. The van der Waals surface area contributed by atoms with E-state index in [0.29, 0.717) is 12.3 Å². The van der Waals surface area contributed by atoms with Gasteiger partial charge in [-0.1, -0.05) is 66.7 Å². The van der Waals surface area contributed by atoms with E-state index >= 15 is 0 Å². The molecule has 38 heavy (non-hydrogen) atoms. The predicted octanol–water partition coefficient (Wildman–Crippen LogP) is 9.26. The molecule has 0 aliphatic carbocycles. The molecular formula is C33H43FIrNO2-. The van der Waals surface area contributed by atoms with Crippen LogP contribution in [0.25, 0.3) is 22.0 Å². The van der Waals surface area contributed by atoms with E-state index in [1.54, 1.807) is 0 Å². The molecule has 0 amide bonds. The molecule has 209 valence electrons. The maximum Gasteiger partial charge on any atom is 0.162 e. The van der Waals surface area contributed by atoms with E-state index in [0.717, 1.165) is 29.7 Å². The van der Waals surface area contributed by atoms with Gasteiger partial charge in [-0.05, 0) is 59.7 Å². The number of aliphatic hydroxyl groups excluding tert-OH is 1. The molecule has 3 aromatic rings. The second-order valence-electron chi connectivity index (χ2n) is 10.1. The van der Waals surface area contributed by atoms with Crippen molar-refractivity contribution in [2.75, 3.05) is 6.67 Å². The van der Waals surface area contributed by atoms with Crippen molar-refractivity contribution < 1.29 is 34.4 Å². The molecule has 0 saturated carbocycles. The number of aromatic nitrogens is 1. The van der Waals surface area contributed by atoms with Crippen LogP contribution in [0, 0.1) is 31.7 Å². The molecular weight excluding hydrogens is 654 g/mol. The van der Waals surface area contributed by atoms with Gasteiger partial charge >= 0.3 is 0 Å². The first-order valence-corrected chi connectivity index (χ1v) is 13.5. The Bertz CT molecular complexity index is 1180. The SMILES string of the molecule is CCC(CCF)C(=O)/C=C(\O)C(CC)CC.Cc1[c-]c(-c2nccc3cc(C(C)C)ccc23)cc(C)c1.[Ir]. The summed E-state index contributed by atoms with van der Waals surface area (Å²) >= 11 is 0. The van der Waals surface area contributed by atoms with Gasteiger partial charge in [0.25, 0.3) is 0 Å². The quantitative estimate of drug-likeness (QED) is 0.131. The van der Waals surface area contributed by atoms with E-state index in [9.17, 15) is 14.3 Å². The maximum absolute atomic E-state index is 12.2. The minimum atomic E-state index is -0.482. The Morgan fingerprint density at radius 1 is 1.03 bits per heavy atom.